The molecule has 0 spiro atoms. The molecular formula is C17H14ClN. The number of hydrogen-bond acceptors (Lipinski definition) is 0. The van der Waals surface area contributed by atoms with Crippen molar-refractivity contribution in [2.75, 3.05) is 0 Å². The van der Waals surface area contributed by atoms with Crippen LogP contribution in [0.4, 0.5) is 0 Å². The molecule has 2 heteroatoms. The summed E-state index contributed by atoms with van der Waals surface area (Å²) in [7, 11) is 0. The fourth-order valence-electron chi connectivity index (χ4n) is 2.46. The van der Waals surface area contributed by atoms with Crippen LogP contribution in [0.15, 0.2) is 55.1 Å². The van der Waals surface area contributed by atoms with Gasteiger partial charge in [0.1, 0.15) is 0 Å². The number of halogens is 1. The van der Waals surface area contributed by atoms with Crippen LogP contribution in [0, 0.1) is 6.92 Å². The van der Waals surface area contributed by atoms with Gasteiger partial charge in [0.2, 0.25) is 0 Å². The summed E-state index contributed by atoms with van der Waals surface area (Å²) < 4.78 is 0. The minimum absolute atomic E-state index is 0.743. The van der Waals surface area contributed by atoms with Crippen LogP contribution in [0.2, 0.25) is 5.02 Å². The second-order valence-corrected chi connectivity index (χ2v) is 5.09. The van der Waals surface area contributed by atoms with Gasteiger partial charge in [-0.25, -0.2) is 0 Å². The van der Waals surface area contributed by atoms with E-state index in [2.05, 4.69) is 30.6 Å². The Balaban J connectivity index is 2.16. The molecule has 0 radical (unpaired) electrons. The Morgan fingerprint density at radius 1 is 1.05 bits per heavy atom. The summed E-state index contributed by atoms with van der Waals surface area (Å²) in [6, 6.07) is 16.1. The monoisotopic (exact) mass is 267 g/mol. The Bertz CT molecular complexity index is 751. The van der Waals surface area contributed by atoms with Gasteiger partial charge in [0.15, 0.2) is 0 Å². The third kappa shape index (κ3) is 2.06. The average molecular weight is 268 g/mol. The topological polar surface area (TPSA) is 15.8 Å². The highest BCUT2D eigenvalue weighted by molar-refractivity contribution is 6.30. The summed E-state index contributed by atoms with van der Waals surface area (Å²) in [5, 5.41) is 1.95. The average Bonchev–Trinajstić information content (AvgIpc) is 2.74. The van der Waals surface area contributed by atoms with Crippen molar-refractivity contribution >= 4 is 28.1 Å². The standard InChI is InChI=1S/C17H14ClN/c1-11(13-7-9-14(18)10-8-13)17-12(2)19-16-6-4-3-5-15(16)17/h3-10,19H,1H2,2H3. The van der Waals surface area contributed by atoms with Crippen LogP contribution in [0.25, 0.3) is 16.5 Å². The third-order valence-electron chi connectivity index (χ3n) is 3.39. The number of benzene rings is 2. The van der Waals surface area contributed by atoms with E-state index in [-0.39, 0.29) is 0 Å². The zero-order valence-electron chi connectivity index (χ0n) is 10.7. The number of hydrogen-bond donors (Lipinski definition) is 1. The highest BCUT2D eigenvalue weighted by atomic mass is 35.5. The molecule has 94 valence electrons. The molecule has 0 aliphatic carbocycles. The summed E-state index contributed by atoms with van der Waals surface area (Å²) >= 11 is 5.93. The molecule has 19 heavy (non-hydrogen) atoms. The molecule has 1 aromatic heterocycles. The van der Waals surface area contributed by atoms with Crippen molar-refractivity contribution in [3.05, 3.63) is 77.0 Å². The lowest BCUT2D eigenvalue weighted by molar-refractivity contribution is 1.28. The van der Waals surface area contributed by atoms with E-state index in [4.69, 9.17) is 11.6 Å². The second-order valence-electron chi connectivity index (χ2n) is 4.66. The summed E-state index contributed by atoms with van der Waals surface area (Å²) in [6.45, 7) is 6.32. The van der Waals surface area contributed by atoms with Crippen LogP contribution >= 0.6 is 11.6 Å². The van der Waals surface area contributed by atoms with Gasteiger partial charge < -0.3 is 4.98 Å². The van der Waals surface area contributed by atoms with Gasteiger partial charge in [0.05, 0.1) is 0 Å². The van der Waals surface area contributed by atoms with Gasteiger partial charge in [0.25, 0.3) is 0 Å². The largest absolute Gasteiger partial charge is 0.358 e. The lowest BCUT2D eigenvalue weighted by Crippen LogP contribution is -1.87. The smallest absolute Gasteiger partial charge is 0.0462 e. The molecule has 0 unspecified atom stereocenters. The van der Waals surface area contributed by atoms with Crippen molar-refractivity contribution in [1.29, 1.82) is 0 Å². The van der Waals surface area contributed by atoms with E-state index in [1.54, 1.807) is 0 Å². The van der Waals surface area contributed by atoms with Crippen molar-refractivity contribution in [2.45, 2.75) is 6.92 Å². The quantitative estimate of drug-likeness (QED) is 0.658. The Morgan fingerprint density at radius 2 is 1.74 bits per heavy atom. The Morgan fingerprint density at radius 3 is 2.47 bits per heavy atom. The van der Waals surface area contributed by atoms with Crippen molar-refractivity contribution in [2.24, 2.45) is 0 Å². The molecule has 3 aromatic rings. The molecule has 1 nitrogen and oxygen atoms in total. The van der Waals surface area contributed by atoms with Crippen LogP contribution in [-0.4, -0.2) is 4.98 Å². The van der Waals surface area contributed by atoms with Gasteiger partial charge in [-0.2, -0.15) is 0 Å². The molecule has 3 rings (SSSR count). The molecule has 0 fully saturated rings. The van der Waals surface area contributed by atoms with E-state index in [0.717, 1.165) is 27.4 Å². The molecule has 0 saturated carbocycles. The molecule has 0 aliphatic heterocycles. The first kappa shape index (κ1) is 12.1. The highest BCUT2D eigenvalue weighted by Crippen LogP contribution is 2.31. The summed E-state index contributed by atoms with van der Waals surface area (Å²) in [5.41, 5.74) is 5.58. The Hall–Kier alpha value is -1.99. The van der Waals surface area contributed by atoms with Crippen LogP contribution in [0.1, 0.15) is 16.8 Å². The number of fused-ring (bicyclic) bond motifs is 1. The molecule has 0 amide bonds. The van der Waals surface area contributed by atoms with Crippen molar-refractivity contribution < 1.29 is 0 Å². The van der Waals surface area contributed by atoms with Gasteiger partial charge in [-0.05, 0) is 36.3 Å². The minimum Gasteiger partial charge on any atom is -0.358 e. The molecule has 0 saturated heterocycles. The number of nitrogens with one attached hydrogen (secondary N) is 1. The maximum atomic E-state index is 5.93. The number of aryl methyl sites for hydroxylation is 1. The van der Waals surface area contributed by atoms with E-state index >= 15 is 0 Å². The second kappa shape index (κ2) is 4.60. The predicted molar refractivity (Wildman–Crippen MR) is 82.6 cm³/mol. The molecule has 2 aromatic carbocycles. The fraction of sp³-hybridized carbons (Fsp3) is 0.0588. The maximum Gasteiger partial charge on any atom is 0.0462 e. The summed E-state index contributed by atoms with van der Waals surface area (Å²) in [4.78, 5) is 3.40. The molecule has 0 bridgehead atoms. The summed E-state index contributed by atoms with van der Waals surface area (Å²) in [5.74, 6) is 0. The minimum atomic E-state index is 0.743. The van der Waals surface area contributed by atoms with Crippen molar-refractivity contribution in [3.63, 3.8) is 0 Å². The predicted octanol–water partition coefficient (Wildman–Crippen LogP) is 5.19. The van der Waals surface area contributed by atoms with E-state index in [9.17, 15) is 0 Å². The van der Waals surface area contributed by atoms with Crippen LogP contribution in [0.3, 0.4) is 0 Å². The first-order valence-corrected chi connectivity index (χ1v) is 6.57. The van der Waals surface area contributed by atoms with Crippen LogP contribution < -0.4 is 0 Å². The number of aromatic amines is 1. The molecular weight excluding hydrogens is 254 g/mol. The summed E-state index contributed by atoms with van der Waals surface area (Å²) in [6.07, 6.45) is 0. The Kier molecular flexibility index (Phi) is 2.92. The molecule has 0 aliphatic rings. The number of aromatic nitrogens is 1. The highest BCUT2D eigenvalue weighted by Gasteiger charge is 2.12. The zero-order chi connectivity index (χ0) is 13.4. The number of rotatable bonds is 2. The lowest BCUT2D eigenvalue weighted by atomic mass is 9.97. The van der Waals surface area contributed by atoms with Gasteiger partial charge in [-0.3, -0.25) is 0 Å². The van der Waals surface area contributed by atoms with E-state index in [1.807, 2.05) is 36.4 Å². The van der Waals surface area contributed by atoms with Crippen molar-refractivity contribution in [3.8, 4) is 0 Å². The van der Waals surface area contributed by atoms with Gasteiger partial charge in [0, 0.05) is 27.2 Å². The van der Waals surface area contributed by atoms with Gasteiger partial charge >= 0.3 is 0 Å². The zero-order valence-corrected chi connectivity index (χ0v) is 11.5. The Labute approximate surface area is 117 Å². The normalized spacial score (nSPS) is 10.8. The van der Waals surface area contributed by atoms with E-state index in [0.29, 0.717) is 0 Å². The lowest BCUT2D eigenvalue weighted by Gasteiger charge is -2.07. The molecule has 1 heterocycles. The number of para-hydroxylation sites is 1. The molecule has 0 atom stereocenters. The van der Waals surface area contributed by atoms with E-state index < -0.39 is 0 Å². The SMILES string of the molecule is C=C(c1ccc(Cl)cc1)c1c(C)[nH]c2ccccc12. The first-order valence-electron chi connectivity index (χ1n) is 6.19. The van der Waals surface area contributed by atoms with Gasteiger partial charge in [-0.1, -0.05) is 48.5 Å². The third-order valence-corrected chi connectivity index (χ3v) is 3.64. The molecule has 1 N–H and O–H groups in total. The fourth-order valence-corrected chi connectivity index (χ4v) is 2.59. The number of H-pyrrole nitrogens is 1. The van der Waals surface area contributed by atoms with Crippen molar-refractivity contribution in [1.82, 2.24) is 4.98 Å². The van der Waals surface area contributed by atoms with Crippen LogP contribution in [0.5, 0.6) is 0 Å². The van der Waals surface area contributed by atoms with E-state index in [1.165, 1.54) is 10.9 Å². The first-order chi connectivity index (χ1) is 9.16. The van der Waals surface area contributed by atoms with Gasteiger partial charge in [-0.15, -0.1) is 0 Å². The maximum absolute atomic E-state index is 5.93. The van der Waals surface area contributed by atoms with Crippen LogP contribution in [-0.2, 0) is 0 Å².